The highest BCUT2D eigenvalue weighted by Gasteiger charge is 2.23. The van der Waals surface area contributed by atoms with Gasteiger partial charge in [0.05, 0.1) is 46.3 Å². The zero-order valence-corrected chi connectivity index (χ0v) is 20.5. The summed E-state index contributed by atoms with van der Waals surface area (Å²) in [4.78, 5) is 24.1. The van der Waals surface area contributed by atoms with Crippen molar-refractivity contribution in [1.82, 2.24) is 24.5 Å². The molecule has 0 saturated heterocycles. The molecule has 0 unspecified atom stereocenters. The molecule has 0 bridgehead atoms. The van der Waals surface area contributed by atoms with Crippen LogP contribution in [-0.4, -0.2) is 70.7 Å². The summed E-state index contributed by atoms with van der Waals surface area (Å²) in [6.45, 7) is 1.34. The summed E-state index contributed by atoms with van der Waals surface area (Å²) in [7, 11) is 7.21. The molecular weight excluding hydrogens is 484 g/mol. The minimum Gasteiger partial charge on any atom is -0.494 e. The fraction of sp³-hybridized carbons (Fsp3) is 0.292. The number of ether oxygens (including phenoxy) is 1. The number of fused-ring (bicyclic) bond motifs is 1. The molecule has 0 aliphatic rings. The molecule has 0 aliphatic carbocycles. The maximum absolute atomic E-state index is 11.9. The maximum Gasteiger partial charge on any atom is 0.294 e. The van der Waals surface area contributed by atoms with E-state index in [-0.39, 0.29) is 19.1 Å². The second-order valence-electron chi connectivity index (χ2n) is 8.13. The first-order chi connectivity index (χ1) is 16.8. The standard InChI is InChI=1S/C23H25ClN8O3.CH4/c1-29(2)9-10-30(3)19-12-21(35-4)17(11-20(19)32(33)34)27-23-25-14-16(24)22(28-23)15-13-26-31-8-6-5-7-18(15)31;/h5-8,11-14H,9-10H2,1-4H3,(H,25,27,28);1H4. The average Bonchev–Trinajstić information content (AvgIpc) is 3.27. The maximum atomic E-state index is 11.9. The quantitative estimate of drug-likeness (QED) is 0.251. The Morgan fingerprint density at radius 3 is 2.67 bits per heavy atom. The van der Waals surface area contributed by atoms with Crippen molar-refractivity contribution in [3.05, 3.63) is 64.1 Å². The van der Waals surface area contributed by atoms with E-state index in [1.54, 1.807) is 16.8 Å². The molecule has 1 N–H and O–H groups in total. The van der Waals surface area contributed by atoms with Gasteiger partial charge in [0, 0.05) is 44.0 Å². The van der Waals surface area contributed by atoms with Crippen LogP contribution >= 0.6 is 11.6 Å². The second-order valence-corrected chi connectivity index (χ2v) is 8.53. The molecule has 12 heteroatoms. The van der Waals surface area contributed by atoms with Gasteiger partial charge >= 0.3 is 0 Å². The lowest BCUT2D eigenvalue weighted by Gasteiger charge is -2.22. The molecule has 36 heavy (non-hydrogen) atoms. The highest BCUT2D eigenvalue weighted by atomic mass is 35.5. The monoisotopic (exact) mass is 512 g/mol. The molecule has 1 aromatic carbocycles. The number of halogens is 1. The normalized spacial score (nSPS) is 10.8. The molecule has 0 fully saturated rings. The van der Waals surface area contributed by atoms with Crippen LogP contribution in [0.1, 0.15) is 7.43 Å². The van der Waals surface area contributed by atoms with Gasteiger partial charge in [-0.15, -0.1) is 0 Å². The van der Waals surface area contributed by atoms with E-state index in [0.717, 1.165) is 17.6 Å². The first kappa shape index (κ1) is 26.6. The third-order valence-corrected chi connectivity index (χ3v) is 5.74. The van der Waals surface area contributed by atoms with Crippen molar-refractivity contribution in [3.8, 4) is 17.0 Å². The van der Waals surface area contributed by atoms with E-state index in [0.29, 0.717) is 34.4 Å². The summed E-state index contributed by atoms with van der Waals surface area (Å²) < 4.78 is 7.26. The Morgan fingerprint density at radius 1 is 1.19 bits per heavy atom. The van der Waals surface area contributed by atoms with Crippen LogP contribution in [0.2, 0.25) is 5.02 Å². The van der Waals surface area contributed by atoms with Crippen molar-refractivity contribution in [2.24, 2.45) is 0 Å². The number of nitro groups is 1. The molecule has 0 aliphatic heterocycles. The predicted molar refractivity (Wildman–Crippen MR) is 143 cm³/mol. The molecule has 4 rings (SSSR count). The number of nitrogens with one attached hydrogen (secondary N) is 1. The molecule has 3 heterocycles. The molecule has 0 spiro atoms. The molecule has 0 saturated carbocycles. The predicted octanol–water partition coefficient (Wildman–Crippen LogP) is 4.74. The Morgan fingerprint density at radius 2 is 1.97 bits per heavy atom. The smallest absolute Gasteiger partial charge is 0.294 e. The molecule has 3 aromatic heterocycles. The third kappa shape index (κ3) is 5.47. The molecule has 4 aromatic rings. The van der Waals surface area contributed by atoms with Crippen LogP contribution in [-0.2, 0) is 0 Å². The van der Waals surface area contributed by atoms with E-state index in [1.165, 1.54) is 19.4 Å². The Bertz CT molecular complexity index is 1370. The number of aromatic nitrogens is 4. The van der Waals surface area contributed by atoms with E-state index < -0.39 is 4.92 Å². The summed E-state index contributed by atoms with van der Waals surface area (Å²) in [6, 6.07) is 8.74. The minimum absolute atomic E-state index is 0. The van der Waals surface area contributed by atoms with Crippen molar-refractivity contribution < 1.29 is 9.66 Å². The van der Waals surface area contributed by atoms with E-state index in [4.69, 9.17) is 16.3 Å². The Labute approximate surface area is 214 Å². The molecule has 11 nitrogen and oxygen atoms in total. The molecule has 190 valence electrons. The van der Waals surface area contributed by atoms with Crippen LogP contribution in [0.15, 0.2) is 48.9 Å². The van der Waals surface area contributed by atoms with Gasteiger partial charge in [-0.25, -0.2) is 14.5 Å². The number of rotatable bonds is 9. The van der Waals surface area contributed by atoms with Gasteiger partial charge in [0.2, 0.25) is 5.95 Å². The second kappa shape index (κ2) is 11.2. The van der Waals surface area contributed by atoms with Crippen LogP contribution in [0.25, 0.3) is 16.8 Å². The molecule has 0 radical (unpaired) electrons. The molecule has 0 amide bonds. The number of nitro benzene ring substituents is 1. The molecular formula is C24H29ClN8O3. The van der Waals surface area contributed by atoms with Crippen LogP contribution in [0.3, 0.4) is 0 Å². The lowest BCUT2D eigenvalue weighted by molar-refractivity contribution is -0.384. The summed E-state index contributed by atoms with van der Waals surface area (Å²) in [5.41, 5.74) is 2.79. The van der Waals surface area contributed by atoms with Crippen molar-refractivity contribution in [2.45, 2.75) is 7.43 Å². The van der Waals surface area contributed by atoms with Gasteiger partial charge in [0.25, 0.3) is 5.69 Å². The SMILES string of the molecule is C.COc1cc(N(C)CCN(C)C)c([N+](=O)[O-])cc1Nc1ncc(Cl)c(-c2cnn3ccccc23)n1. The van der Waals surface area contributed by atoms with Gasteiger partial charge in [-0.05, 0) is 26.2 Å². The topological polar surface area (TPSA) is 114 Å². The van der Waals surface area contributed by atoms with Crippen LogP contribution < -0.4 is 15.0 Å². The Hall–Kier alpha value is -3.96. The van der Waals surface area contributed by atoms with Gasteiger partial charge in [0.1, 0.15) is 11.4 Å². The minimum atomic E-state index is -0.417. The largest absolute Gasteiger partial charge is 0.494 e. The fourth-order valence-corrected chi connectivity index (χ4v) is 3.79. The van der Waals surface area contributed by atoms with Crippen molar-refractivity contribution in [2.75, 3.05) is 51.6 Å². The highest BCUT2D eigenvalue weighted by Crippen LogP contribution is 2.39. The summed E-state index contributed by atoms with van der Waals surface area (Å²) in [5.74, 6) is 0.624. The summed E-state index contributed by atoms with van der Waals surface area (Å²) in [6.07, 6.45) is 4.98. The van der Waals surface area contributed by atoms with Crippen molar-refractivity contribution >= 4 is 40.1 Å². The summed E-state index contributed by atoms with van der Waals surface area (Å²) >= 11 is 6.41. The Balaban J connectivity index is 0.00000361. The fourth-order valence-electron chi connectivity index (χ4n) is 3.60. The zero-order valence-electron chi connectivity index (χ0n) is 19.8. The van der Waals surface area contributed by atoms with Gasteiger partial charge in [0.15, 0.2) is 0 Å². The number of methoxy groups -OCH3 is 1. The number of benzene rings is 1. The molecule has 0 atom stereocenters. The summed E-state index contributed by atoms with van der Waals surface area (Å²) in [5, 5.41) is 19.6. The van der Waals surface area contributed by atoms with Crippen molar-refractivity contribution in [3.63, 3.8) is 0 Å². The lowest BCUT2D eigenvalue weighted by Crippen LogP contribution is -2.28. The van der Waals surface area contributed by atoms with Crippen molar-refractivity contribution in [1.29, 1.82) is 0 Å². The third-order valence-electron chi connectivity index (χ3n) is 5.46. The highest BCUT2D eigenvalue weighted by molar-refractivity contribution is 6.33. The Kier molecular flexibility index (Phi) is 8.28. The average molecular weight is 513 g/mol. The number of pyridine rings is 1. The lowest BCUT2D eigenvalue weighted by atomic mass is 10.2. The van der Waals surface area contributed by atoms with Gasteiger partial charge in [-0.1, -0.05) is 25.1 Å². The van der Waals surface area contributed by atoms with E-state index in [2.05, 4.69) is 20.4 Å². The van der Waals surface area contributed by atoms with Crippen LogP contribution in [0.4, 0.5) is 23.0 Å². The number of hydrogen-bond acceptors (Lipinski definition) is 9. The number of anilines is 3. The van der Waals surface area contributed by atoms with Gasteiger partial charge in [-0.2, -0.15) is 5.10 Å². The van der Waals surface area contributed by atoms with E-state index >= 15 is 0 Å². The van der Waals surface area contributed by atoms with Crippen LogP contribution in [0.5, 0.6) is 5.75 Å². The van der Waals surface area contributed by atoms with E-state index in [1.807, 2.05) is 55.3 Å². The number of nitrogens with zero attached hydrogens (tertiary/aromatic N) is 7. The zero-order chi connectivity index (χ0) is 25.1. The van der Waals surface area contributed by atoms with E-state index in [9.17, 15) is 10.1 Å². The van der Waals surface area contributed by atoms with Gasteiger partial charge < -0.3 is 19.9 Å². The first-order valence-corrected chi connectivity index (χ1v) is 11.1. The van der Waals surface area contributed by atoms with Crippen LogP contribution in [0, 0.1) is 10.1 Å². The first-order valence-electron chi connectivity index (χ1n) is 10.7. The number of likely N-dealkylation sites (N-methyl/N-ethyl adjacent to an activating group) is 2. The van der Waals surface area contributed by atoms with Gasteiger partial charge in [-0.3, -0.25) is 10.1 Å². The number of hydrogen-bond donors (Lipinski definition) is 1.